The molecule has 5 nitrogen and oxygen atoms in total. The van der Waals surface area contributed by atoms with Gasteiger partial charge in [-0.15, -0.1) is 0 Å². The van der Waals surface area contributed by atoms with Crippen molar-refractivity contribution in [2.24, 2.45) is 0 Å². The summed E-state index contributed by atoms with van der Waals surface area (Å²) in [6.07, 6.45) is 3.43. The molecule has 2 aromatic heterocycles. The van der Waals surface area contributed by atoms with Gasteiger partial charge in [-0.2, -0.15) is 0 Å². The van der Waals surface area contributed by atoms with Crippen molar-refractivity contribution in [1.29, 1.82) is 0 Å². The summed E-state index contributed by atoms with van der Waals surface area (Å²) in [5, 5.41) is 10.1. The Kier molecular flexibility index (Phi) is 3.23. The minimum Gasteiger partial charge on any atom is -0.477 e. The number of anilines is 2. The van der Waals surface area contributed by atoms with E-state index in [9.17, 15) is 9.90 Å². The molecule has 1 N–H and O–H groups in total. The Bertz CT molecular complexity index is 803. The van der Waals surface area contributed by atoms with Crippen LogP contribution in [-0.2, 0) is 0 Å². The smallest absolute Gasteiger partial charge is 0.354 e. The third-order valence-electron chi connectivity index (χ3n) is 3.31. The van der Waals surface area contributed by atoms with Gasteiger partial charge in [0.15, 0.2) is 5.69 Å². The zero-order valence-corrected chi connectivity index (χ0v) is 11.4. The van der Waals surface area contributed by atoms with Crippen LogP contribution in [0, 0.1) is 0 Å². The van der Waals surface area contributed by atoms with Gasteiger partial charge in [-0.25, -0.2) is 9.78 Å². The largest absolute Gasteiger partial charge is 0.477 e. The fourth-order valence-electron chi connectivity index (χ4n) is 2.24. The van der Waals surface area contributed by atoms with Crippen molar-refractivity contribution in [3.63, 3.8) is 0 Å². The predicted molar refractivity (Wildman–Crippen MR) is 81.0 cm³/mol. The van der Waals surface area contributed by atoms with Gasteiger partial charge in [-0.1, -0.05) is 18.2 Å². The quantitative estimate of drug-likeness (QED) is 0.798. The van der Waals surface area contributed by atoms with Gasteiger partial charge in [-0.3, -0.25) is 4.98 Å². The van der Waals surface area contributed by atoms with Crippen LogP contribution in [0.2, 0.25) is 0 Å². The molecule has 5 heteroatoms. The first kappa shape index (κ1) is 13.1. The number of para-hydroxylation sites is 1. The highest BCUT2D eigenvalue weighted by molar-refractivity contribution is 5.98. The molecule has 0 aliphatic heterocycles. The van der Waals surface area contributed by atoms with E-state index < -0.39 is 5.97 Å². The normalized spacial score (nSPS) is 10.5. The number of aromatic nitrogens is 2. The molecular weight excluding hydrogens is 266 g/mol. The number of carbonyl (C=O) groups is 1. The molecule has 21 heavy (non-hydrogen) atoms. The number of hydrogen-bond acceptors (Lipinski definition) is 4. The Balaban J connectivity index is 2.23. The first-order valence-corrected chi connectivity index (χ1v) is 6.43. The fourth-order valence-corrected chi connectivity index (χ4v) is 2.24. The summed E-state index contributed by atoms with van der Waals surface area (Å²) < 4.78 is 0. The molecule has 0 atom stereocenters. The number of carboxylic acid groups (broad SMARTS) is 1. The van der Waals surface area contributed by atoms with Crippen LogP contribution in [0.5, 0.6) is 0 Å². The van der Waals surface area contributed by atoms with Crippen LogP contribution >= 0.6 is 0 Å². The van der Waals surface area contributed by atoms with Gasteiger partial charge < -0.3 is 10.0 Å². The summed E-state index contributed by atoms with van der Waals surface area (Å²) in [5.74, 6) is -1.04. The first-order chi connectivity index (χ1) is 10.2. The minimum atomic E-state index is -1.04. The Hall–Kier alpha value is -2.95. The van der Waals surface area contributed by atoms with E-state index in [0.29, 0.717) is 5.52 Å². The van der Waals surface area contributed by atoms with Crippen molar-refractivity contribution in [3.05, 3.63) is 60.6 Å². The van der Waals surface area contributed by atoms with Gasteiger partial charge in [0.1, 0.15) is 0 Å². The maximum Gasteiger partial charge on any atom is 0.354 e. The lowest BCUT2D eigenvalue weighted by Gasteiger charge is -2.21. The van der Waals surface area contributed by atoms with Crippen molar-refractivity contribution < 1.29 is 9.90 Å². The van der Waals surface area contributed by atoms with Crippen molar-refractivity contribution >= 4 is 28.2 Å². The summed E-state index contributed by atoms with van der Waals surface area (Å²) in [6.45, 7) is 0. The highest BCUT2D eigenvalue weighted by atomic mass is 16.4. The van der Waals surface area contributed by atoms with Crippen LogP contribution in [0.4, 0.5) is 11.4 Å². The van der Waals surface area contributed by atoms with E-state index in [1.165, 1.54) is 0 Å². The van der Waals surface area contributed by atoms with E-state index >= 15 is 0 Å². The topological polar surface area (TPSA) is 66.3 Å². The van der Waals surface area contributed by atoms with Crippen molar-refractivity contribution in [3.8, 4) is 0 Å². The van der Waals surface area contributed by atoms with E-state index in [4.69, 9.17) is 0 Å². The highest BCUT2D eigenvalue weighted by Crippen LogP contribution is 2.30. The lowest BCUT2D eigenvalue weighted by Crippen LogP contribution is -2.12. The fraction of sp³-hybridized carbons (Fsp3) is 0.0625. The third-order valence-corrected chi connectivity index (χ3v) is 3.31. The third kappa shape index (κ3) is 2.41. The van der Waals surface area contributed by atoms with Crippen molar-refractivity contribution in [2.45, 2.75) is 0 Å². The van der Waals surface area contributed by atoms with E-state index in [1.807, 2.05) is 48.3 Å². The molecule has 0 unspecified atom stereocenters. The van der Waals surface area contributed by atoms with E-state index in [1.54, 1.807) is 18.5 Å². The zero-order chi connectivity index (χ0) is 14.8. The number of aromatic carboxylic acids is 1. The van der Waals surface area contributed by atoms with Crippen LogP contribution in [0.3, 0.4) is 0 Å². The summed E-state index contributed by atoms with van der Waals surface area (Å²) in [7, 11) is 1.88. The number of fused-ring (bicyclic) bond motifs is 1. The molecule has 0 aliphatic rings. The molecule has 0 bridgehead atoms. The van der Waals surface area contributed by atoms with Gasteiger partial charge in [0.05, 0.1) is 23.1 Å². The summed E-state index contributed by atoms with van der Waals surface area (Å²) in [6, 6.07) is 12.8. The number of nitrogens with zero attached hydrogens (tertiary/aromatic N) is 3. The van der Waals surface area contributed by atoms with Crippen molar-refractivity contribution in [2.75, 3.05) is 11.9 Å². The number of benzene rings is 1. The lowest BCUT2D eigenvalue weighted by atomic mass is 10.1. The second kappa shape index (κ2) is 5.20. The maximum atomic E-state index is 11.3. The van der Waals surface area contributed by atoms with Crippen LogP contribution in [0.1, 0.15) is 10.5 Å². The molecule has 104 valence electrons. The van der Waals surface area contributed by atoms with Gasteiger partial charge >= 0.3 is 5.97 Å². The van der Waals surface area contributed by atoms with E-state index in [-0.39, 0.29) is 5.69 Å². The monoisotopic (exact) mass is 279 g/mol. The van der Waals surface area contributed by atoms with Crippen LogP contribution in [0.15, 0.2) is 54.9 Å². The Morgan fingerprint density at radius 2 is 2.00 bits per heavy atom. The maximum absolute atomic E-state index is 11.3. The molecule has 0 fully saturated rings. The zero-order valence-electron chi connectivity index (χ0n) is 11.4. The molecule has 3 aromatic rings. The Labute approximate surface area is 121 Å². The van der Waals surface area contributed by atoms with Gasteiger partial charge in [0.25, 0.3) is 0 Å². The van der Waals surface area contributed by atoms with E-state index in [0.717, 1.165) is 16.8 Å². The minimum absolute atomic E-state index is 0.0273. The summed E-state index contributed by atoms with van der Waals surface area (Å²) in [5.41, 5.74) is 2.35. The molecule has 0 saturated heterocycles. The predicted octanol–water partition coefficient (Wildman–Crippen LogP) is 3.10. The number of carboxylic acids is 1. The van der Waals surface area contributed by atoms with Gasteiger partial charge in [0.2, 0.25) is 0 Å². The standard InChI is InChI=1S/C16H13N3O2/c1-19(11-5-4-8-17-10-11)15-9-14(16(20)21)18-13-7-3-2-6-12(13)15/h2-10H,1H3,(H,20,21). The second-order valence-corrected chi connectivity index (χ2v) is 4.62. The number of rotatable bonds is 3. The Morgan fingerprint density at radius 3 is 2.71 bits per heavy atom. The molecule has 2 heterocycles. The highest BCUT2D eigenvalue weighted by Gasteiger charge is 2.14. The molecular formula is C16H13N3O2. The van der Waals surface area contributed by atoms with Crippen molar-refractivity contribution in [1.82, 2.24) is 9.97 Å². The average Bonchev–Trinajstić information content (AvgIpc) is 2.54. The van der Waals surface area contributed by atoms with Gasteiger partial charge in [-0.05, 0) is 24.3 Å². The molecule has 0 amide bonds. The van der Waals surface area contributed by atoms with Crippen LogP contribution in [-0.4, -0.2) is 28.1 Å². The molecule has 0 spiro atoms. The summed E-state index contributed by atoms with van der Waals surface area (Å²) in [4.78, 5) is 21.4. The molecule has 0 aliphatic carbocycles. The first-order valence-electron chi connectivity index (χ1n) is 6.43. The SMILES string of the molecule is CN(c1cccnc1)c1cc(C(=O)O)nc2ccccc12. The number of hydrogen-bond donors (Lipinski definition) is 1. The van der Waals surface area contributed by atoms with Gasteiger partial charge in [0, 0.05) is 18.6 Å². The number of pyridine rings is 2. The molecule has 0 saturated carbocycles. The molecule has 1 aromatic carbocycles. The lowest BCUT2D eigenvalue weighted by molar-refractivity contribution is 0.0691. The van der Waals surface area contributed by atoms with Crippen LogP contribution < -0.4 is 4.90 Å². The molecule has 0 radical (unpaired) electrons. The average molecular weight is 279 g/mol. The Morgan fingerprint density at radius 1 is 1.19 bits per heavy atom. The summed E-state index contributed by atoms with van der Waals surface area (Å²) >= 11 is 0. The van der Waals surface area contributed by atoms with Crippen LogP contribution in [0.25, 0.3) is 10.9 Å². The molecule has 3 rings (SSSR count). The van der Waals surface area contributed by atoms with E-state index in [2.05, 4.69) is 9.97 Å². The second-order valence-electron chi connectivity index (χ2n) is 4.62.